The maximum atomic E-state index is 5.54. The van der Waals surface area contributed by atoms with Crippen LogP contribution in [-0.4, -0.2) is 77.1 Å². The van der Waals surface area contributed by atoms with Gasteiger partial charge in [0.25, 0.3) is 0 Å². The fraction of sp³-hybridized carbons (Fsp3) is 0.667. The van der Waals surface area contributed by atoms with Crippen molar-refractivity contribution in [2.45, 2.75) is 26.3 Å². The predicted molar refractivity (Wildman–Crippen MR) is 113 cm³/mol. The van der Waals surface area contributed by atoms with Gasteiger partial charge >= 0.3 is 0 Å². The molecular formula is C21H36N4O3. The van der Waals surface area contributed by atoms with Crippen molar-refractivity contribution >= 4 is 5.96 Å². The fourth-order valence-corrected chi connectivity index (χ4v) is 3.19. The first-order valence-electron chi connectivity index (χ1n) is 10.3. The Hall–Kier alpha value is -1.83. The maximum Gasteiger partial charge on any atom is 0.191 e. The van der Waals surface area contributed by atoms with E-state index in [0.29, 0.717) is 6.54 Å². The van der Waals surface area contributed by atoms with Crippen molar-refractivity contribution in [3.8, 4) is 5.75 Å². The second-order valence-electron chi connectivity index (χ2n) is 6.63. The van der Waals surface area contributed by atoms with Crippen LogP contribution in [0, 0.1) is 0 Å². The maximum absolute atomic E-state index is 5.54. The monoisotopic (exact) mass is 392 g/mol. The van der Waals surface area contributed by atoms with Crippen LogP contribution in [-0.2, 0) is 9.47 Å². The van der Waals surface area contributed by atoms with Gasteiger partial charge < -0.3 is 24.8 Å². The molecule has 1 saturated heterocycles. The van der Waals surface area contributed by atoms with Crippen LogP contribution in [0.1, 0.15) is 31.9 Å². The van der Waals surface area contributed by atoms with Crippen LogP contribution in [0.3, 0.4) is 0 Å². The first-order chi connectivity index (χ1) is 13.8. The van der Waals surface area contributed by atoms with Crippen molar-refractivity contribution in [3.63, 3.8) is 0 Å². The van der Waals surface area contributed by atoms with Crippen molar-refractivity contribution < 1.29 is 14.2 Å². The number of rotatable bonds is 11. The Morgan fingerprint density at radius 2 is 1.93 bits per heavy atom. The molecule has 1 aromatic rings. The molecule has 1 heterocycles. The van der Waals surface area contributed by atoms with Crippen LogP contribution in [0.4, 0.5) is 0 Å². The van der Waals surface area contributed by atoms with E-state index in [1.54, 1.807) is 7.11 Å². The molecular weight excluding hydrogens is 356 g/mol. The van der Waals surface area contributed by atoms with Gasteiger partial charge in [-0.25, -0.2) is 0 Å². The highest BCUT2D eigenvalue weighted by Crippen LogP contribution is 2.24. The van der Waals surface area contributed by atoms with Gasteiger partial charge in [0.2, 0.25) is 0 Å². The number of nitrogens with one attached hydrogen (secondary N) is 2. The van der Waals surface area contributed by atoms with Crippen LogP contribution < -0.4 is 15.4 Å². The highest BCUT2D eigenvalue weighted by atomic mass is 16.5. The Balaban J connectivity index is 2.04. The molecule has 1 aromatic carbocycles. The molecule has 1 unspecified atom stereocenters. The molecule has 0 aromatic heterocycles. The molecule has 0 aliphatic carbocycles. The summed E-state index contributed by atoms with van der Waals surface area (Å²) in [4.78, 5) is 7.32. The third kappa shape index (κ3) is 7.66. The molecule has 1 aliphatic rings. The lowest BCUT2D eigenvalue weighted by atomic mass is 10.0. The fourth-order valence-electron chi connectivity index (χ4n) is 3.19. The van der Waals surface area contributed by atoms with E-state index in [9.17, 15) is 0 Å². The van der Waals surface area contributed by atoms with Gasteiger partial charge in [0, 0.05) is 39.4 Å². The van der Waals surface area contributed by atoms with Gasteiger partial charge in [-0.2, -0.15) is 0 Å². The minimum absolute atomic E-state index is 0.216. The summed E-state index contributed by atoms with van der Waals surface area (Å²) >= 11 is 0. The Labute approximate surface area is 169 Å². The highest BCUT2D eigenvalue weighted by molar-refractivity contribution is 5.79. The molecule has 7 nitrogen and oxygen atoms in total. The van der Waals surface area contributed by atoms with E-state index in [-0.39, 0.29) is 6.04 Å². The number of guanidine groups is 1. The van der Waals surface area contributed by atoms with E-state index in [1.807, 2.05) is 19.1 Å². The summed E-state index contributed by atoms with van der Waals surface area (Å²) in [7, 11) is 1.69. The van der Waals surface area contributed by atoms with Gasteiger partial charge in [0.05, 0.1) is 32.9 Å². The molecule has 2 rings (SSSR count). The van der Waals surface area contributed by atoms with Crippen molar-refractivity contribution in [2.75, 3.05) is 66.3 Å². The Bertz CT molecular complexity index is 559. The van der Waals surface area contributed by atoms with E-state index in [2.05, 4.69) is 34.6 Å². The summed E-state index contributed by atoms with van der Waals surface area (Å²) in [6.45, 7) is 11.4. The summed E-state index contributed by atoms with van der Waals surface area (Å²) < 4.78 is 16.2. The topological polar surface area (TPSA) is 67.4 Å². The summed E-state index contributed by atoms with van der Waals surface area (Å²) in [6.07, 6.45) is 0.962. The lowest BCUT2D eigenvalue weighted by molar-refractivity contribution is 0.0179. The second-order valence-corrected chi connectivity index (χ2v) is 6.63. The van der Waals surface area contributed by atoms with Crippen LogP contribution in [0.2, 0.25) is 0 Å². The smallest absolute Gasteiger partial charge is 0.191 e. The molecule has 158 valence electrons. The number of hydrogen-bond acceptors (Lipinski definition) is 5. The van der Waals surface area contributed by atoms with Crippen molar-refractivity contribution in [3.05, 3.63) is 29.8 Å². The zero-order valence-corrected chi connectivity index (χ0v) is 17.6. The first kappa shape index (κ1) is 22.5. The Morgan fingerprint density at radius 1 is 1.18 bits per heavy atom. The second kappa shape index (κ2) is 13.4. The summed E-state index contributed by atoms with van der Waals surface area (Å²) in [5.74, 6) is 1.73. The zero-order chi connectivity index (χ0) is 20.0. The number of aliphatic imine (C=N–C) groups is 1. The predicted octanol–water partition coefficient (Wildman–Crippen LogP) is 2.05. The molecule has 28 heavy (non-hydrogen) atoms. The molecule has 1 atom stereocenters. The molecule has 1 aliphatic heterocycles. The van der Waals surface area contributed by atoms with Crippen molar-refractivity contribution in [1.29, 1.82) is 0 Å². The Kier molecular flexibility index (Phi) is 10.7. The minimum Gasteiger partial charge on any atom is -0.497 e. The normalized spacial score (nSPS) is 16.6. The van der Waals surface area contributed by atoms with Gasteiger partial charge in [-0.1, -0.05) is 12.1 Å². The largest absolute Gasteiger partial charge is 0.497 e. The number of benzene rings is 1. The van der Waals surface area contributed by atoms with Crippen LogP contribution in [0.5, 0.6) is 5.75 Å². The third-order valence-electron chi connectivity index (χ3n) is 4.72. The summed E-state index contributed by atoms with van der Waals surface area (Å²) in [5.41, 5.74) is 1.25. The molecule has 0 bridgehead atoms. The van der Waals surface area contributed by atoms with Crippen molar-refractivity contribution in [2.24, 2.45) is 4.99 Å². The van der Waals surface area contributed by atoms with E-state index < -0.39 is 0 Å². The van der Waals surface area contributed by atoms with Gasteiger partial charge in [0.15, 0.2) is 5.96 Å². The lowest BCUT2D eigenvalue weighted by Crippen LogP contribution is -2.42. The molecule has 7 heteroatoms. The summed E-state index contributed by atoms with van der Waals surface area (Å²) in [5, 5.41) is 6.74. The number of hydrogen-bond donors (Lipinski definition) is 2. The Morgan fingerprint density at radius 3 is 2.57 bits per heavy atom. The minimum atomic E-state index is 0.216. The number of nitrogens with zero attached hydrogens (tertiary/aromatic N) is 2. The van der Waals surface area contributed by atoms with Gasteiger partial charge in [0.1, 0.15) is 5.75 Å². The van der Waals surface area contributed by atoms with E-state index in [1.165, 1.54) is 5.56 Å². The standard InChI is InChI=1S/C21H36N4O3/c1-4-22-21(23-11-6-14-27-5-2)24-17-20(25-12-15-28-16-13-25)18-7-9-19(26-3)10-8-18/h7-10,20H,4-6,11-17H2,1-3H3,(H2,22,23,24). The molecule has 0 radical (unpaired) electrons. The first-order valence-corrected chi connectivity index (χ1v) is 10.3. The van der Waals surface area contributed by atoms with E-state index in [0.717, 1.165) is 70.7 Å². The van der Waals surface area contributed by atoms with Gasteiger partial charge in [-0.05, 0) is 38.0 Å². The molecule has 1 fully saturated rings. The zero-order valence-electron chi connectivity index (χ0n) is 17.6. The number of ether oxygens (including phenoxy) is 3. The third-order valence-corrected chi connectivity index (χ3v) is 4.72. The van der Waals surface area contributed by atoms with Gasteiger partial charge in [-0.3, -0.25) is 9.89 Å². The summed E-state index contributed by atoms with van der Waals surface area (Å²) in [6, 6.07) is 8.52. The SMILES string of the molecule is CCNC(=NCC(c1ccc(OC)cc1)N1CCOCC1)NCCCOCC. The number of morpholine rings is 1. The number of methoxy groups -OCH3 is 1. The van der Waals surface area contributed by atoms with E-state index in [4.69, 9.17) is 19.2 Å². The van der Waals surface area contributed by atoms with Crippen LogP contribution >= 0.6 is 0 Å². The molecule has 2 N–H and O–H groups in total. The van der Waals surface area contributed by atoms with E-state index >= 15 is 0 Å². The highest BCUT2D eigenvalue weighted by Gasteiger charge is 2.22. The van der Waals surface area contributed by atoms with Gasteiger partial charge in [-0.15, -0.1) is 0 Å². The average Bonchev–Trinajstić information content (AvgIpc) is 2.75. The van der Waals surface area contributed by atoms with Crippen LogP contribution in [0.15, 0.2) is 29.3 Å². The lowest BCUT2D eigenvalue weighted by Gasteiger charge is -2.34. The van der Waals surface area contributed by atoms with Crippen LogP contribution in [0.25, 0.3) is 0 Å². The molecule has 0 spiro atoms. The molecule has 0 amide bonds. The van der Waals surface area contributed by atoms with Crippen molar-refractivity contribution in [1.82, 2.24) is 15.5 Å². The quantitative estimate of drug-likeness (QED) is 0.341. The molecule has 0 saturated carbocycles. The average molecular weight is 393 g/mol.